The van der Waals surface area contributed by atoms with Crippen molar-refractivity contribution in [3.8, 4) is 11.1 Å². The van der Waals surface area contributed by atoms with Gasteiger partial charge in [0, 0.05) is 11.3 Å². The Hall–Kier alpha value is -3.90. The molecule has 35 heavy (non-hydrogen) atoms. The molecule has 0 radical (unpaired) electrons. The molecule has 1 N–H and O–H groups in total. The molecule has 0 heterocycles. The molecule has 0 aliphatic rings. The monoisotopic (exact) mass is 484 g/mol. The highest BCUT2D eigenvalue weighted by Gasteiger charge is 2.27. The maximum absolute atomic E-state index is 13.6. The van der Waals surface area contributed by atoms with Crippen LogP contribution < -0.4 is 9.62 Å². The van der Waals surface area contributed by atoms with Gasteiger partial charge in [0.05, 0.1) is 10.6 Å². The van der Waals surface area contributed by atoms with E-state index in [0.29, 0.717) is 11.4 Å². The summed E-state index contributed by atoms with van der Waals surface area (Å²) in [6.07, 6.45) is 0.835. The van der Waals surface area contributed by atoms with Crippen LogP contribution in [0.25, 0.3) is 11.1 Å². The summed E-state index contributed by atoms with van der Waals surface area (Å²) in [5.41, 5.74) is 4.93. The van der Waals surface area contributed by atoms with E-state index in [2.05, 4.69) is 5.32 Å². The number of anilines is 2. The molecule has 0 aromatic heterocycles. The number of hydrogen-bond acceptors (Lipinski definition) is 3. The summed E-state index contributed by atoms with van der Waals surface area (Å²) in [6.45, 7) is 3.58. The topological polar surface area (TPSA) is 66.5 Å². The SMILES string of the molecule is CCc1ccc(N(CC(=O)Nc2ccccc2-c2ccccc2)S(=O)(=O)c2ccc(C)cc2)cc1. The molecule has 4 aromatic carbocycles. The Morgan fingerprint density at radius 2 is 1.43 bits per heavy atom. The van der Waals surface area contributed by atoms with Crippen molar-refractivity contribution >= 4 is 27.3 Å². The van der Waals surface area contributed by atoms with E-state index in [1.165, 1.54) is 0 Å². The lowest BCUT2D eigenvalue weighted by molar-refractivity contribution is -0.114. The predicted octanol–water partition coefficient (Wildman–Crippen LogP) is 6.06. The minimum atomic E-state index is -3.97. The lowest BCUT2D eigenvalue weighted by atomic mass is 10.0. The Labute approximate surface area is 207 Å². The van der Waals surface area contributed by atoms with Crippen LogP contribution in [0.2, 0.25) is 0 Å². The Bertz CT molecular complexity index is 1400. The second-order valence-corrected chi connectivity index (χ2v) is 10.2. The van der Waals surface area contributed by atoms with E-state index in [9.17, 15) is 13.2 Å². The third kappa shape index (κ3) is 5.61. The van der Waals surface area contributed by atoms with Crippen LogP contribution in [0.15, 0.2) is 108 Å². The molecule has 0 aliphatic carbocycles. The number of carbonyl (C=O) groups excluding carboxylic acids is 1. The van der Waals surface area contributed by atoms with Crippen LogP contribution in [-0.4, -0.2) is 20.9 Å². The number of amides is 1. The molecule has 0 bridgehead atoms. The number of hydrogen-bond donors (Lipinski definition) is 1. The molecule has 0 saturated heterocycles. The van der Waals surface area contributed by atoms with Crippen molar-refractivity contribution < 1.29 is 13.2 Å². The van der Waals surface area contributed by atoms with Crippen molar-refractivity contribution in [3.05, 3.63) is 114 Å². The molecular weight excluding hydrogens is 456 g/mol. The van der Waals surface area contributed by atoms with Gasteiger partial charge in [-0.1, -0.05) is 85.3 Å². The molecule has 4 aromatic rings. The summed E-state index contributed by atoms with van der Waals surface area (Å²) in [7, 11) is -3.97. The molecule has 0 saturated carbocycles. The molecule has 0 aliphatic heterocycles. The van der Waals surface area contributed by atoms with Crippen molar-refractivity contribution in [1.82, 2.24) is 0 Å². The molecule has 5 nitrogen and oxygen atoms in total. The lowest BCUT2D eigenvalue weighted by Crippen LogP contribution is -2.38. The van der Waals surface area contributed by atoms with Gasteiger partial charge in [0.25, 0.3) is 10.0 Å². The van der Waals surface area contributed by atoms with Crippen LogP contribution in [0.4, 0.5) is 11.4 Å². The number of rotatable bonds is 8. The third-order valence-electron chi connectivity index (χ3n) is 5.81. The van der Waals surface area contributed by atoms with Crippen molar-refractivity contribution in [1.29, 1.82) is 0 Å². The zero-order chi connectivity index (χ0) is 24.8. The highest BCUT2D eigenvalue weighted by Crippen LogP contribution is 2.29. The maximum Gasteiger partial charge on any atom is 0.264 e. The van der Waals surface area contributed by atoms with Gasteiger partial charge in [0.15, 0.2) is 0 Å². The van der Waals surface area contributed by atoms with Crippen LogP contribution in [0, 0.1) is 6.92 Å². The third-order valence-corrected chi connectivity index (χ3v) is 7.60. The van der Waals surface area contributed by atoms with Crippen LogP contribution in [0.1, 0.15) is 18.1 Å². The summed E-state index contributed by atoms with van der Waals surface area (Å²) < 4.78 is 28.4. The highest BCUT2D eigenvalue weighted by atomic mass is 32.2. The average molecular weight is 485 g/mol. The minimum absolute atomic E-state index is 0.139. The molecular formula is C29H28N2O3S. The fourth-order valence-electron chi connectivity index (χ4n) is 3.83. The second-order valence-electron chi connectivity index (χ2n) is 8.30. The first-order valence-corrected chi connectivity index (χ1v) is 12.9. The highest BCUT2D eigenvalue weighted by molar-refractivity contribution is 7.92. The first kappa shape index (κ1) is 24.2. The van der Waals surface area contributed by atoms with Crippen molar-refractivity contribution in [2.75, 3.05) is 16.2 Å². The molecule has 4 rings (SSSR count). The molecule has 0 spiro atoms. The van der Waals surface area contributed by atoms with Crippen molar-refractivity contribution in [2.24, 2.45) is 0 Å². The van der Waals surface area contributed by atoms with Crippen molar-refractivity contribution in [2.45, 2.75) is 25.2 Å². The molecule has 1 amide bonds. The molecule has 0 unspecified atom stereocenters. The van der Waals surface area contributed by atoms with Gasteiger partial charge < -0.3 is 5.32 Å². The second kappa shape index (κ2) is 10.6. The van der Waals surface area contributed by atoms with Gasteiger partial charge in [0.2, 0.25) is 5.91 Å². The van der Waals surface area contributed by atoms with E-state index >= 15 is 0 Å². The predicted molar refractivity (Wildman–Crippen MR) is 142 cm³/mol. The van der Waals surface area contributed by atoms with E-state index < -0.39 is 15.9 Å². The smallest absolute Gasteiger partial charge is 0.264 e. The minimum Gasteiger partial charge on any atom is -0.324 e. The van der Waals surface area contributed by atoms with E-state index in [1.54, 1.807) is 36.4 Å². The van der Waals surface area contributed by atoms with Gasteiger partial charge in [-0.3, -0.25) is 9.10 Å². The number of aryl methyl sites for hydroxylation is 2. The van der Waals surface area contributed by atoms with Gasteiger partial charge >= 0.3 is 0 Å². The van der Waals surface area contributed by atoms with Gasteiger partial charge in [-0.25, -0.2) is 8.42 Å². The van der Waals surface area contributed by atoms with Crippen LogP contribution in [-0.2, 0) is 21.2 Å². The number of benzene rings is 4. The average Bonchev–Trinajstić information content (AvgIpc) is 2.88. The Morgan fingerprint density at radius 1 is 0.800 bits per heavy atom. The summed E-state index contributed by atoms with van der Waals surface area (Å²) >= 11 is 0. The normalized spacial score (nSPS) is 11.1. The number of para-hydroxylation sites is 1. The molecule has 6 heteroatoms. The van der Waals surface area contributed by atoms with Crippen LogP contribution in [0.3, 0.4) is 0 Å². The zero-order valence-corrected chi connectivity index (χ0v) is 20.6. The summed E-state index contributed by atoms with van der Waals surface area (Å²) in [5.74, 6) is -0.427. The fraction of sp³-hybridized carbons (Fsp3) is 0.138. The first-order chi connectivity index (χ1) is 16.9. The maximum atomic E-state index is 13.6. The number of sulfonamides is 1. The standard InChI is InChI=1S/C29H28N2O3S/c1-3-23-15-17-25(18-16-23)31(35(33,34)26-19-13-22(2)14-20-26)21-29(32)30-28-12-8-7-11-27(28)24-9-5-4-6-10-24/h4-20H,3,21H2,1-2H3,(H,30,32). The van der Waals surface area contributed by atoms with Gasteiger partial charge in [-0.05, 0) is 54.8 Å². The van der Waals surface area contributed by atoms with Gasteiger partial charge in [-0.15, -0.1) is 0 Å². The molecule has 178 valence electrons. The molecule has 0 atom stereocenters. The van der Waals surface area contributed by atoms with Crippen LogP contribution >= 0.6 is 0 Å². The quantitative estimate of drug-likeness (QED) is 0.331. The number of carbonyl (C=O) groups is 1. The fourth-order valence-corrected chi connectivity index (χ4v) is 5.25. The molecule has 0 fully saturated rings. The summed E-state index contributed by atoms with van der Waals surface area (Å²) in [5, 5.41) is 2.92. The van der Waals surface area contributed by atoms with Gasteiger partial charge in [0.1, 0.15) is 6.54 Å². The number of nitrogens with zero attached hydrogens (tertiary/aromatic N) is 1. The van der Waals surface area contributed by atoms with E-state index in [1.807, 2.05) is 80.6 Å². The van der Waals surface area contributed by atoms with Crippen LogP contribution in [0.5, 0.6) is 0 Å². The van der Waals surface area contributed by atoms with Crippen molar-refractivity contribution in [3.63, 3.8) is 0 Å². The summed E-state index contributed by atoms with van der Waals surface area (Å²) in [6, 6.07) is 31.1. The van der Waals surface area contributed by atoms with E-state index in [0.717, 1.165) is 33.0 Å². The Morgan fingerprint density at radius 3 is 2.09 bits per heavy atom. The first-order valence-electron chi connectivity index (χ1n) is 11.5. The largest absolute Gasteiger partial charge is 0.324 e. The van der Waals surface area contributed by atoms with E-state index in [4.69, 9.17) is 0 Å². The Balaban J connectivity index is 1.66. The summed E-state index contributed by atoms with van der Waals surface area (Å²) in [4.78, 5) is 13.4. The Kier molecular flexibility index (Phi) is 7.32. The lowest BCUT2D eigenvalue weighted by Gasteiger charge is -2.24. The van der Waals surface area contributed by atoms with Gasteiger partial charge in [-0.2, -0.15) is 0 Å². The zero-order valence-electron chi connectivity index (χ0n) is 19.8. The number of nitrogens with one attached hydrogen (secondary N) is 1. The van der Waals surface area contributed by atoms with E-state index in [-0.39, 0.29) is 11.4 Å².